The van der Waals surface area contributed by atoms with Gasteiger partial charge >= 0.3 is 0 Å². The number of ether oxygens (including phenoxy) is 3. The molecule has 2 aromatic rings. The number of benzene rings is 2. The number of hydrogen-bond donors (Lipinski definition) is 2. The highest BCUT2D eigenvalue weighted by molar-refractivity contribution is 5.92. The molecule has 0 fully saturated rings. The molecule has 8 nitrogen and oxygen atoms in total. The van der Waals surface area contributed by atoms with Crippen LogP contribution in [0.15, 0.2) is 24.3 Å². The Hall–Kier alpha value is -3.47. The molecule has 0 spiro atoms. The van der Waals surface area contributed by atoms with Crippen LogP contribution >= 0.6 is 0 Å². The van der Waals surface area contributed by atoms with Crippen molar-refractivity contribution in [1.29, 1.82) is 0 Å². The van der Waals surface area contributed by atoms with Gasteiger partial charge in [-0.1, -0.05) is 6.92 Å². The first-order valence-corrected chi connectivity index (χ1v) is 10.4. The molecule has 0 aliphatic heterocycles. The highest BCUT2D eigenvalue weighted by atomic mass is 19.2. The Bertz CT molecular complexity index is 1020. The zero-order chi connectivity index (χ0) is 25.3. The van der Waals surface area contributed by atoms with Crippen LogP contribution in [0.4, 0.5) is 18.9 Å². The second-order valence-electron chi connectivity index (χ2n) is 7.28. The van der Waals surface area contributed by atoms with Gasteiger partial charge in [-0.15, -0.1) is 0 Å². The fourth-order valence-electron chi connectivity index (χ4n) is 3.23. The normalized spacial score (nSPS) is 10.7. The fourth-order valence-corrected chi connectivity index (χ4v) is 3.23. The second kappa shape index (κ2) is 12.7. The van der Waals surface area contributed by atoms with Crippen molar-refractivity contribution >= 4 is 17.5 Å². The fraction of sp³-hybridized carbons (Fsp3) is 0.391. The van der Waals surface area contributed by atoms with Gasteiger partial charge in [-0.3, -0.25) is 14.5 Å². The van der Waals surface area contributed by atoms with Crippen molar-refractivity contribution < 1.29 is 37.0 Å². The molecule has 0 aliphatic carbocycles. The van der Waals surface area contributed by atoms with Gasteiger partial charge in [0.15, 0.2) is 29.0 Å². The molecule has 0 bridgehead atoms. The molecular weight excluding hydrogens is 455 g/mol. The molecule has 34 heavy (non-hydrogen) atoms. The van der Waals surface area contributed by atoms with Crippen molar-refractivity contribution in [2.45, 2.75) is 19.9 Å². The Balaban J connectivity index is 2.00. The first-order chi connectivity index (χ1) is 16.2. The summed E-state index contributed by atoms with van der Waals surface area (Å²) < 4.78 is 56.1. The summed E-state index contributed by atoms with van der Waals surface area (Å²) in [4.78, 5) is 26.4. The molecule has 11 heteroatoms. The highest BCUT2D eigenvalue weighted by Gasteiger charge is 2.19. The van der Waals surface area contributed by atoms with Gasteiger partial charge in [0, 0.05) is 18.2 Å². The number of halogens is 3. The number of carbonyl (C=O) groups excluding carboxylic acids is 2. The van der Waals surface area contributed by atoms with E-state index in [0.717, 1.165) is 6.07 Å². The molecule has 0 atom stereocenters. The number of rotatable bonds is 12. The molecule has 0 saturated heterocycles. The zero-order valence-electron chi connectivity index (χ0n) is 19.5. The van der Waals surface area contributed by atoms with Gasteiger partial charge in [-0.25, -0.2) is 13.2 Å². The molecule has 0 unspecified atom stereocenters. The Morgan fingerprint density at radius 3 is 2.12 bits per heavy atom. The number of hydrogen-bond acceptors (Lipinski definition) is 6. The number of carbonyl (C=O) groups is 2. The molecule has 0 radical (unpaired) electrons. The van der Waals surface area contributed by atoms with Crippen molar-refractivity contribution in [1.82, 2.24) is 10.2 Å². The molecule has 2 amide bonds. The average molecular weight is 483 g/mol. The second-order valence-corrected chi connectivity index (χ2v) is 7.28. The van der Waals surface area contributed by atoms with Gasteiger partial charge in [0.05, 0.1) is 40.1 Å². The van der Waals surface area contributed by atoms with Gasteiger partial charge in [-0.2, -0.15) is 0 Å². The van der Waals surface area contributed by atoms with Crippen molar-refractivity contribution in [3.8, 4) is 17.2 Å². The maximum Gasteiger partial charge on any atom is 0.238 e. The quantitative estimate of drug-likeness (QED) is 0.451. The molecule has 186 valence electrons. The lowest BCUT2D eigenvalue weighted by molar-refractivity contribution is -0.123. The van der Waals surface area contributed by atoms with Crippen molar-refractivity contribution in [3.05, 3.63) is 47.3 Å². The van der Waals surface area contributed by atoms with E-state index in [1.54, 1.807) is 17.0 Å². The van der Waals surface area contributed by atoms with Crippen LogP contribution < -0.4 is 24.8 Å². The molecule has 0 heterocycles. The minimum Gasteiger partial charge on any atom is -0.496 e. The maximum atomic E-state index is 13.8. The summed E-state index contributed by atoms with van der Waals surface area (Å²) in [7, 11) is 4.48. The smallest absolute Gasteiger partial charge is 0.238 e. The largest absolute Gasteiger partial charge is 0.496 e. The van der Waals surface area contributed by atoms with Crippen LogP contribution in [-0.2, 0) is 16.1 Å². The van der Waals surface area contributed by atoms with E-state index in [2.05, 4.69) is 10.6 Å². The maximum absolute atomic E-state index is 13.8. The molecule has 2 N–H and O–H groups in total. The van der Waals surface area contributed by atoms with Crippen molar-refractivity contribution in [2.24, 2.45) is 0 Å². The lowest BCUT2D eigenvalue weighted by Crippen LogP contribution is -2.41. The summed E-state index contributed by atoms with van der Waals surface area (Å²) in [5.41, 5.74) is 0.174. The monoisotopic (exact) mass is 483 g/mol. The van der Waals surface area contributed by atoms with Crippen LogP contribution in [-0.4, -0.2) is 57.7 Å². The third kappa shape index (κ3) is 7.01. The Labute approximate surface area is 196 Å². The van der Waals surface area contributed by atoms with E-state index in [9.17, 15) is 22.8 Å². The number of nitrogens with zero attached hydrogens (tertiary/aromatic N) is 1. The molecule has 2 rings (SSSR count). The minimum absolute atomic E-state index is 0.114. The van der Waals surface area contributed by atoms with Crippen LogP contribution in [0.1, 0.15) is 18.9 Å². The zero-order valence-corrected chi connectivity index (χ0v) is 19.5. The first-order valence-electron chi connectivity index (χ1n) is 10.4. The van der Waals surface area contributed by atoms with E-state index < -0.39 is 29.0 Å². The number of methoxy groups -OCH3 is 3. The van der Waals surface area contributed by atoms with Crippen LogP contribution in [0.3, 0.4) is 0 Å². The van der Waals surface area contributed by atoms with Crippen LogP contribution in [0.5, 0.6) is 17.2 Å². The van der Waals surface area contributed by atoms with Gasteiger partial charge in [-0.05, 0) is 31.2 Å². The van der Waals surface area contributed by atoms with E-state index in [4.69, 9.17) is 14.2 Å². The first kappa shape index (κ1) is 26.8. The molecular formula is C23H28F3N3O5. The van der Waals surface area contributed by atoms with E-state index in [0.29, 0.717) is 41.8 Å². The predicted molar refractivity (Wildman–Crippen MR) is 120 cm³/mol. The van der Waals surface area contributed by atoms with E-state index in [-0.39, 0.29) is 25.5 Å². The summed E-state index contributed by atoms with van der Waals surface area (Å²) >= 11 is 0. The summed E-state index contributed by atoms with van der Waals surface area (Å²) in [6.07, 6.45) is 0.642. The van der Waals surface area contributed by atoms with E-state index in [1.807, 2.05) is 6.92 Å². The number of amides is 2. The Morgan fingerprint density at radius 2 is 1.50 bits per heavy atom. The third-order valence-corrected chi connectivity index (χ3v) is 4.85. The summed E-state index contributed by atoms with van der Waals surface area (Å²) in [5, 5.41) is 4.96. The summed E-state index contributed by atoms with van der Waals surface area (Å²) in [6.45, 7) is 2.04. The van der Waals surface area contributed by atoms with Crippen LogP contribution in [0.2, 0.25) is 0 Å². The molecule has 0 saturated carbocycles. The van der Waals surface area contributed by atoms with Crippen molar-refractivity contribution in [2.75, 3.05) is 46.3 Å². The highest BCUT2D eigenvalue weighted by Crippen LogP contribution is 2.34. The topological polar surface area (TPSA) is 89.1 Å². The van der Waals surface area contributed by atoms with Gasteiger partial charge in [0.25, 0.3) is 0 Å². The van der Waals surface area contributed by atoms with Gasteiger partial charge in [0.1, 0.15) is 5.75 Å². The minimum atomic E-state index is -1.67. The number of nitrogens with one attached hydrogen (secondary N) is 2. The third-order valence-electron chi connectivity index (χ3n) is 4.85. The average Bonchev–Trinajstić information content (AvgIpc) is 2.82. The van der Waals surface area contributed by atoms with Gasteiger partial charge < -0.3 is 24.8 Å². The number of anilines is 1. The van der Waals surface area contributed by atoms with Crippen molar-refractivity contribution in [3.63, 3.8) is 0 Å². The Kier molecular flexibility index (Phi) is 9.99. The van der Waals surface area contributed by atoms with E-state index in [1.165, 1.54) is 21.3 Å². The van der Waals surface area contributed by atoms with Crippen LogP contribution in [0, 0.1) is 17.5 Å². The summed E-state index contributed by atoms with van der Waals surface area (Å²) in [6, 6.07) is 4.98. The lowest BCUT2D eigenvalue weighted by atomic mass is 10.1. The van der Waals surface area contributed by atoms with Gasteiger partial charge in [0.2, 0.25) is 11.8 Å². The SMILES string of the molecule is CCCN(CC(=O)NCc1cc(OC)c(OC)cc1OC)CC(=O)Nc1ccc(F)c(F)c1F. The summed E-state index contributed by atoms with van der Waals surface area (Å²) in [5.74, 6) is -4.11. The molecule has 2 aromatic carbocycles. The predicted octanol–water partition coefficient (Wildman–Crippen LogP) is 3.10. The molecule has 0 aromatic heterocycles. The van der Waals surface area contributed by atoms with Crippen LogP contribution in [0.25, 0.3) is 0 Å². The standard InChI is InChI=1S/C23H28F3N3O5/c1-5-8-29(13-21(31)28-16-7-6-15(24)22(25)23(16)26)12-20(30)27-11-14-9-18(33-3)19(34-4)10-17(14)32-2/h6-7,9-10H,5,8,11-13H2,1-4H3,(H,27,30)(H,28,31). The Morgan fingerprint density at radius 1 is 0.882 bits per heavy atom. The van der Waals surface area contributed by atoms with E-state index >= 15 is 0 Å². The molecule has 0 aliphatic rings. The lowest BCUT2D eigenvalue weighted by Gasteiger charge is -2.21.